The first-order valence-electron chi connectivity index (χ1n) is 9.34. The number of ether oxygens (including phenoxy) is 1. The van der Waals surface area contributed by atoms with E-state index in [1.807, 2.05) is 36.4 Å². The standard InChI is InChI=1S/C19H24N4O3S/c24-27(25)10-8-15(13-27)21-18-11-17(14-5-2-1-3-6-14)22-19(23-18)20-12-16-7-4-9-26-16/h1-3,5-6,11,15-16H,4,7-10,12-13H2,(H2,20,21,22,23). The van der Waals surface area contributed by atoms with Gasteiger partial charge in [-0.15, -0.1) is 0 Å². The molecular formula is C19H24N4O3S. The minimum Gasteiger partial charge on any atom is -0.376 e. The zero-order valence-corrected chi connectivity index (χ0v) is 15.9. The average Bonchev–Trinajstić information content (AvgIpc) is 3.30. The molecule has 7 nitrogen and oxygen atoms in total. The predicted molar refractivity (Wildman–Crippen MR) is 106 cm³/mol. The van der Waals surface area contributed by atoms with Gasteiger partial charge in [-0.2, -0.15) is 4.98 Å². The van der Waals surface area contributed by atoms with Gasteiger partial charge in [-0.25, -0.2) is 13.4 Å². The van der Waals surface area contributed by atoms with E-state index in [0.717, 1.165) is 30.7 Å². The molecule has 0 aliphatic carbocycles. The van der Waals surface area contributed by atoms with E-state index in [1.54, 1.807) is 0 Å². The van der Waals surface area contributed by atoms with Crippen molar-refractivity contribution in [3.63, 3.8) is 0 Å². The summed E-state index contributed by atoms with van der Waals surface area (Å²) in [6.07, 6.45) is 2.91. The Morgan fingerprint density at radius 2 is 2.00 bits per heavy atom. The van der Waals surface area contributed by atoms with E-state index in [9.17, 15) is 8.42 Å². The number of nitrogens with one attached hydrogen (secondary N) is 2. The highest BCUT2D eigenvalue weighted by Crippen LogP contribution is 2.24. The number of nitrogens with zero attached hydrogens (tertiary/aromatic N) is 2. The number of rotatable bonds is 6. The summed E-state index contributed by atoms with van der Waals surface area (Å²) in [6, 6.07) is 11.6. The van der Waals surface area contributed by atoms with Gasteiger partial charge in [-0.05, 0) is 19.3 Å². The highest BCUT2D eigenvalue weighted by atomic mass is 32.2. The molecule has 4 rings (SSSR count). The lowest BCUT2D eigenvalue weighted by Crippen LogP contribution is -2.23. The maximum atomic E-state index is 11.7. The predicted octanol–water partition coefficient (Wildman–Crippen LogP) is 2.33. The summed E-state index contributed by atoms with van der Waals surface area (Å²) in [7, 11) is -2.95. The molecule has 2 fully saturated rings. The van der Waals surface area contributed by atoms with Crippen molar-refractivity contribution in [3.8, 4) is 11.3 Å². The fourth-order valence-electron chi connectivity index (χ4n) is 3.49. The minimum atomic E-state index is -2.95. The molecular weight excluding hydrogens is 364 g/mol. The Morgan fingerprint density at radius 1 is 1.15 bits per heavy atom. The quantitative estimate of drug-likeness (QED) is 0.784. The molecule has 27 heavy (non-hydrogen) atoms. The minimum absolute atomic E-state index is 0.112. The first-order chi connectivity index (χ1) is 13.1. The molecule has 3 heterocycles. The van der Waals surface area contributed by atoms with Crippen molar-refractivity contribution < 1.29 is 13.2 Å². The Bertz CT molecular complexity index is 883. The molecule has 0 saturated carbocycles. The van der Waals surface area contributed by atoms with Crippen LogP contribution in [0, 0.1) is 0 Å². The van der Waals surface area contributed by atoms with E-state index < -0.39 is 9.84 Å². The molecule has 2 atom stereocenters. The summed E-state index contributed by atoms with van der Waals surface area (Å²) in [6.45, 7) is 1.47. The fraction of sp³-hybridized carbons (Fsp3) is 0.474. The van der Waals surface area contributed by atoms with Gasteiger partial charge in [0.25, 0.3) is 0 Å². The molecule has 2 saturated heterocycles. The van der Waals surface area contributed by atoms with Crippen LogP contribution in [0.5, 0.6) is 0 Å². The molecule has 2 N–H and O–H groups in total. The number of hydrogen-bond donors (Lipinski definition) is 2. The number of anilines is 2. The molecule has 2 aliphatic rings. The van der Waals surface area contributed by atoms with Crippen LogP contribution in [0.4, 0.5) is 11.8 Å². The number of benzene rings is 1. The molecule has 1 aromatic carbocycles. The third-order valence-electron chi connectivity index (χ3n) is 4.89. The first-order valence-corrected chi connectivity index (χ1v) is 11.2. The maximum absolute atomic E-state index is 11.7. The van der Waals surface area contributed by atoms with E-state index in [1.165, 1.54) is 0 Å². The van der Waals surface area contributed by atoms with Gasteiger partial charge in [-0.3, -0.25) is 0 Å². The molecule has 0 radical (unpaired) electrons. The molecule has 2 aromatic rings. The van der Waals surface area contributed by atoms with E-state index in [2.05, 4.69) is 20.6 Å². The second-order valence-electron chi connectivity index (χ2n) is 7.09. The Hall–Kier alpha value is -2.19. The lowest BCUT2D eigenvalue weighted by molar-refractivity contribution is 0.120. The smallest absolute Gasteiger partial charge is 0.225 e. The van der Waals surface area contributed by atoms with Gasteiger partial charge in [0.2, 0.25) is 5.95 Å². The van der Waals surface area contributed by atoms with Crippen LogP contribution < -0.4 is 10.6 Å². The fourth-order valence-corrected chi connectivity index (χ4v) is 5.16. The van der Waals surface area contributed by atoms with Crippen LogP contribution in [0.25, 0.3) is 11.3 Å². The molecule has 1 aromatic heterocycles. The highest BCUT2D eigenvalue weighted by molar-refractivity contribution is 7.91. The molecule has 0 bridgehead atoms. The largest absolute Gasteiger partial charge is 0.376 e. The van der Waals surface area contributed by atoms with Gasteiger partial charge in [0.05, 0.1) is 23.3 Å². The molecule has 2 unspecified atom stereocenters. The average molecular weight is 388 g/mol. The van der Waals surface area contributed by atoms with Crippen LogP contribution in [-0.2, 0) is 14.6 Å². The van der Waals surface area contributed by atoms with Crippen molar-refractivity contribution in [2.45, 2.75) is 31.4 Å². The summed E-state index contributed by atoms with van der Waals surface area (Å²) in [4.78, 5) is 9.18. The van der Waals surface area contributed by atoms with Crippen LogP contribution >= 0.6 is 0 Å². The van der Waals surface area contributed by atoms with Crippen LogP contribution in [0.1, 0.15) is 19.3 Å². The maximum Gasteiger partial charge on any atom is 0.225 e. The van der Waals surface area contributed by atoms with E-state index >= 15 is 0 Å². The van der Waals surface area contributed by atoms with Crippen LogP contribution in [0.15, 0.2) is 36.4 Å². The Balaban J connectivity index is 1.56. The van der Waals surface area contributed by atoms with Crippen molar-refractivity contribution in [1.29, 1.82) is 0 Å². The highest BCUT2D eigenvalue weighted by Gasteiger charge is 2.28. The number of aromatic nitrogens is 2. The lowest BCUT2D eigenvalue weighted by Gasteiger charge is -2.16. The van der Waals surface area contributed by atoms with Crippen LogP contribution in [0.2, 0.25) is 0 Å². The molecule has 8 heteroatoms. The van der Waals surface area contributed by atoms with Gasteiger partial charge in [0, 0.05) is 30.8 Å². The second kappa shape index (κ2) is 7.82. The number of sulfone groups is 1. The van der Waals surface area contributed by atoms with Gasteiger partial charge >= 0.3 is 0 Å². The van der Waals surface area contributed by atoms with Crippen molar-refractivity contribution in [2.24, 2.45) is 0 Å². The van der Waals surface area contributed by atoms with Gasteiger partial charge in [0.1, 0.15) is 5.82 Å². The molecule has 2 aliphatic heterocycles. The van der Waals surface area contributed by atoms with Gasteiger partial charge in [-0.1, -0.05) is 30.3 Å². The first kappa shape index (κ1) is 18.2. The summed E-state index contributed by atoms with van der Waals surface area (Å²) >= 11 is 0. The summed E-state index contributed by atoms with van der Waals surface area (Å²) in [5.74, 6) is 1.54. The Morgan fingerprint density at radius 3 is 2.70 bits per heavy atom. The third-order valence-corrected chi connectivity index (χ3v) is 6.66. The monoisotopic (exact) mass is 388 g/mol. The number of hydrogen-bond acceptors (Lipinski definition) is 7. The van der Waals surface area contributed by atoms with Crippen molar-refractivity contribution in [3.05, 3.63) is 36.4 Å². The molecule has 0 amide bonds. The van der Waals surface area contributed by atoms with Crippen LogP contribution in [-0.4, -0.2) is 55.2 Å². The third kappa shape index (κ3) is 4.75. The van der Waals surface area contributed by atoms with E-state index in [-0.39, 0.29) is 23.7 Å². The molecule has 0 spiro atoms. The van der Waals surface area contributed by atoms with E-state index in [0.29, 0.717) is 24.7 Å². The van der Waals surface area contributed by atoms with Gasteiger partial charge in [0.15, 0.2) is 9.84 Å². The summed E-state index contributed by atoms with van der Waals surface area (Å²) < 4.78 is 29.1. The van der Waals surface area contributed by atoms with Crippen molar-refractivity contribution >= 4 is 21.6 Å². The zero-order valence-electron chi connectivity index (χ0n) is 15.1. The second-order valence-corrected chi connectivity index (χ2v) is 9.32. The Labute approximate surface area is 159 Å². The van der Waals surface area contributed by atoms with E-state index in [4.69, 9.17) is 4.74 Å². The lowest BCUT2D eigenvalue weighted by atomic mass is 10.1. The summed E-state index contributed by atoms with van der Waals surface area (Å²) in [5, 5.41) is 6.55. The normalized spacial score (nSPS) is 24.0. The topological polar surface area (TPSA) is 93.2 Å². The Kier molecular flexibility index (Phi) is 5.27. The molecule has 144 valence electrons. The van der Waals surface area contributed by atoms with Crippen LogP contribution in [0.3, 0.4) is 0 Å². The SMILES string of the molecule is O=S1(=O)CCC(Nc2cc(-c3ccccc3)nc(NCC3CCCO3)n2)C1. The zero-order chi connectivity index (χ0) is 18.7. The van der Waals surface area contributed by atoms with Gasteiger partial charge < -0.3 is 15.4 Å². The summed E-state index contributed by atoms with van der Waals surface area (Å²) in [5.41, 5.74) is 1.78. The van der Waals surface area contributed by atoms with Crippen molar-refractivity contribution in [1.82, 2.24) is 9.97 Å². The van der Waals surface area contributed by atoms with Crippen molar-refractivity contribution in [2.75, 3.05) is 35.3 Å².